The van der Waals surface area contributed by atoms with Gasteiger partial charge in [0.15, 0.2) is 0 Å². The van der Waals surface area contributed by atoms with Gasteiger partial charge in [-0.25, -0.2) is 0 Å². The van der Waals surface area contributed by atoms with E-state index in [2.05, 4.69) is 41.4 Å². The highest BCUT2D eigenvalue weighted by Gasteiger charge is 2.35. The lowest BCUT2D eigenvalue weighted by molar-refractivity contribution is -0.129. The van der Waals surface area contributed by atoms with Gasteiger partial charge in [0.1, 0.15) is 0 Å². The van der Waals surface area contributed by atoms with Crippen LogP contribution in [0.3, 0.4) is 0 Å². The van der Waals surface area contributed by atoms with Gasteiger partial charge in [-0.1, -0.05) is 31.2 Å². The Kier molecular flexibility index (Phi) is 10.1. The van der Waals surface area contributed by atoms with Crippen LogP contribution >= 0.6 is 24.8 Å². The molecule has 0 radical (unpaired) electrons. The first kappa shape index (κ1) is 24.2. The molecule has 27 heavy (non-hydrogen) atoms. The van der Waals surface area contributed by atoms with E-state index in [0.717, 1.165) is 18.0 Å². The van der Waals surface area contributed by atoms with Crippen molar-refractivity contribution >= 4 is 30.7 Å². The second-order valence-corrected chi connectivity index (χ2v) is 7.75. The summed E-state index contributed by atoms with van der Waals surface area (Å²) in [7, 11) is 0. The molecule has 1 aromatic carbocycles. The highest BCUT2D eigenvalue weighted by Crippen LogP contribution is 2.19. The third-order valence-corrected chi connectivity index (χ3v) is 5.46. The predicted molar refractivity (Wildman–Crippen MR) is 113 cm³/mol. The van der Waals surface area contributed by atoms with Crippen LogP contribution in [0.2, 0.25) is 0 Å². The van der Waals surface area contributed by atoms with Crippen molar-refractivity contribution in [1.82, 2.24) is 10.2 Å². The van der Waals surface area contributed by atoms with E-state index < -0.39 is 5.54 Å². The van der Waals surface area contributed by atoms with Gasteiger partial charge in [0.25, 0.3) is 0 Å². The average Bonchev–Trinajstić information content (AvgIpc) is 2.61. The Morgan fingerprint density at radius 3 is 2.48 bits per heavy atom. The molecule has 2 aliphatic rings. The first-order chi connectivity index (χ1) is 12.0. The molecule has 2 aliphatic heterocycles. The number of hydrogen-bond acceptors (Lipinski definition) is 4. The maximum Gasteiger partial charge on any atom is 0.240 e. The summed E-state index contributed by atoms with van der Waals surface area (Å²) in [6.07, 6.45) is 3.83. The van der Waals surface area contributed by atoms with Gasteiger partial charge >= 0.3 is 0 Å². The number of carbonyl (C=O) groups is 1. The minimum atomic E-state index is -0.775. The van der Waals surface area contributed by atoms with Crippen molar-refractivity contribution in [3.63, 3.8) is 0 Å². The number of carbonyl (C=O) groups excluding carboxylic acids is 1. The lowest BCUT2D eigenvalue weighted by Gasteiger charge is -2.31. The van der Waals surface area contributed by atoms with Crippen LogP contribution in [0.15, 0.2) is 24.3 Å². The molecule has 2 fully saturated rings. The van der Waals surface area contributed by atoms with E-state index in [-0.39, 0.29) is 30.7 Å². The van der Waals surface area contributed by atoms with Crippen LogP contribution in [0.25, 0.3) is 0 Å². The maximum absolute atomic E-state index is 12.4. The number of halogens is 2. The summed E-state index contributed by atoms with van der Waals surface area (Å²) in [4.78, 5) is 14.9. The molecule has 1 atom stereocenters. The summed E-state index contributed by atoms with van der Waals surface area (Å²) >= 11 is 0. The van der Waals surface area contributed by atoms with Gasteiger partial charge in [-0.15, -0.1) is 24.8 Å². The zero-order chi connectivity index (χ0) is 17.7. The van der Waals surface area contributed by atoms with Crippen LogP contribution in [0.4, 0.5) is 0 Å². The summed E-state index contributed by atoms with van der Waals surface area (Å²) in [5.41, 5.74) is 7.88. The summed E-state index contributed by atoms with van der Waals surface area (Å²) in [6.45, 7) is 7.40. The average molecular weight is 418 g/mol. The van der Waals surface area contributed by atoms with Gasteiger partial charge in [0.2, 0.25) is 5.91 Å². The van der Waals surface area contributed by atoms with E-state index in [9.17, 15) is 4.79 Å². The monoisotopic (exact) mass is 417 g/mol. The van der Waals surface area contributed by atoms with E-state index in [1.807, 2.05) is 0 Å². The number of nitrogens with zero attached hydrogens (tertiary/aromatic N) is 1. The first-order valence-electron chi connectivity index (χ1n) is 9.50. The van der Waals surface area contributed by atoms with Crippen LogP contribution in [0.5, 0.6) is 0 Å². The predicted octanol–water partition coefficient (Wildman–Crippen LogP) is 2.89. The Morgan fingerprint density at radius 2 is 1.85 bits per heavy atom. The third-order valence-electron chi connectivity index (χ3n) is 5.46. The molecule has 154 valence electrons. The first-order valence-corrected chi connectivity index (χ1v) is 9.50. The van der Waals surface area contributed by atoms with Crippen LogP contribution in [-0.2, 0) is 22.6 Å². The second-order valence-electron chi connectivity index (χ2n) is 7.75. The minimum absolute atomic E-state index is 0. The second kappa shape index (κ2) is 11.2. The fourth-order valence-corrected chi connectivity index (χ4v) is 3.77. The van der Waals surface area contributed by atoms with Crippen molar-refractivity contribution in [1.29, 1.82) is 0 Å². The molecular weight excluding hydrogens is 385 g/mol. The van der Waals surface area contributed by atoms with Crippen LogP contribution in [0, 0.1) is 5.92 Å². The molecule has 2 saturated heterocycles. The number of hydrogen-bond donors (Lipinski definition) is 2. The van der Waals surface area contributed by atoms with E-state index in [1.165, 1.54) is 31.5 Å². The zero-order valence-electron chi connectivity index (χ0n) is 16.1. The molecule has 7 heteroatoms. The highest BCUT2D eigenvalue weighted by molar-refractivity contribution is 5.86. The number of piperidine rings is 1. The summed E-state index contributed by atoms with van der Waals surface area (Å²) < 4.78 is 5.30. The molecule has 1 unspecified atom stereocenters. The molecule has 3 rings (SSSR count). The van der Waals surface area contributed by atoms with Crippen LogP contribution in [-0.4, -0.2) is 42.6 Å². The van der Waals surface area contributed by atoms with Crippen molar-refractivity contribution in [3.8, 4) is 0 Å². The Balaban J connectivity index is 0.00000182. The normalized spacial score (nSPS) is 22.2. The van der Waals surface area contributed by atoms with Crippen molar-refractivity contribution in [3.05, 3.63) is 35.4 Å². The van der Waals surface area contributed by atoms with Gasteiger partial charge in [0, 0.05) is 32.8 Å². The smallest absolute Gasteiger partial charge is 0.240 e. The fourth-order valence-electron chi connectivity index (χ4n) is 3.77. The van der Waals surface area contributed by atoms with Crippen molar-refractivity contribution in [2.45, 2.75) is 51.2 Å². The molecule has 0 bridgehead atoms. The Morgan fingerprint density at radius 1 is 1.22 bits per heavy atom. The number of ether oxygens (including phenoxy) is 1. The largest absolute Gasteiger partial charge is 0.381 e. The Labute approximate surface area is 175 Å². The van der Waals surface area contributed by atoms with Gasteiger partial charge in [0.05, 0.1) is 5.54 Å². The van der Waals surface area contributed by atoms with Crippen molar-refractivity contribution in [2.75, 3.05) is 26.3 Å². The SMILES string of the molecule is CC1CCCN(Cc2ccc(CNC(=O)C3(N)CCOCC3)cc2)C1.Cl.Cl. The quantitative estimate of drug-likeness (QED) is 0.772. The number of benzene rings is 1. The van der Waals surface area contributed by atoms with E-state index in [1.54, 1.807) is 0 Å². The molecule has 0 saturated carbocycles. The molecule has 0 spiro atoms. The molecule has 0 aliphatic carbocycles. The molecule has 3 N–H and O–H groups in total. The van der Waals surface area contributed by atoms with Gasteiger partial charge < -0.3 is 15.8 Å². The number of nitrogens with one attached hydrogen (secondary N) is 1. The van der Waals surface area contributed by atoms with Crippen LogP contribution in [0.1, 0.15) is 43.7 Å². The molecule has 2 heterocycles. The molecular formula is C20H33Cl2N3O2. The van der Waals surface area contributed by atoms with Gasteiger partial charge in [-0.05, 0) is 49.3 Å². The van der Waals surface area contributed by atoms with E-state index >= 15 is 0 Å². The van der Waals surface area contributed by atoms with Crippen molar-refractivity contribution in [2.24, 2.45) is 11.7 Å². The Bertz CT molecular complexity index is 577. The lowest BCUT2D eigenvalue weighted by Crippen LogP contribution is -2.56. The Hall–Kier alpha value is -0.850. The maximum atomic E-state index is 12.4. The zero-order valence-corrected chi connectivity index (χ0v) is 17.7. The molecule has 0 aromatic heterocycles. The van der Waals surface area contributed by atoms with Gasteiger partial charge in [-0.2, -0.15) is 0 Å². The molecule has 1 aromatic rings. The fraction of sp³-hybridized carbons (Fsp3) is 0.650. The van der Waals surface area contributed by atoms with E-state index in [0.29, 0.717) is 32.6 Å². The lowest BCUT2D eigenvalue weighted by atomic mass is 9.90. The topological polar surface area (TPSA) is 67.6 Å². The minimum Gasteiger partial charge on any atom is -0.381 e. The summed E-state index contributed by atoms with van der Waals surface area (Å²) in [5.74, 6) is 0.735. The number of nitrogens with two attached hydrogens (primary N) is 1. The summed E-state index contributed by atoms with van der Waals surface area (Å²) in [5, 5.41) is 2.99. The molecule has 5 nitrogen and oxygen atoms in total. The summed E-state index contributed by atoms with van der Waals surface area (Å²) in [6, 6.07) is 8.56. The van der Waals surface area contributed by atoms with Gasteiger partial charge in [-0.3, -0.25) is 9.69 Å². The number of amides is 1. The van der Waals surface area contributed by atoms with Crippen LogP contribution < -0.4 is 11.1 Å². The highest BCUT2D eigenvalue weighted by atomic mass is 35.5. The van der Waals surface area contributed by atoms with Crippen molar-refractivity contribution < 1.29 is 9.53 Å². The van der Waals surface area contributed by atoms with E-state index in [4.69, 9.17) is 10.5 Å². The number of rotatable bonds is 5. The molecule has 1 amide bonds. The number of likely N-dealkylation sites (tertiary alicyclic amines) is 1. The standard InChI is InChI=1S/C20H31N3O2.2ClH/c1-16-3-2-10-23(14-16)15-18-6-4-17(5-7-18)13-22-19(24)20(21)8-11-25-12-9-20;;/h4-7,16H,2-3,8-15,21H2,1H3,(H,22,24);2*1H. The third kappa shape index (κ3) is 6.91.